The smallest absolute Gasteiger partial charge is 0.211 e. The number of aryl methyl sites for hydroxylation is 1. The van der Waals surface area contributed by atoms with Gasteiger partial charge in [0, 0.05) is 23.5 Å². The van der Waals surface area contributed by atoms with Gasteiger partial charge in [0.2, 0.25) is 10.0 Å². The van der Waals surface area contributed by atoms with Gasteiger partial charge < -0.3 is 10.5 Å². The van der Waals surface area contributed by atoms with Crippen molar-refractivity contribution in [1.29, 1.82) is 5.26 Å². The zero-order chi connectivity index (χ0) is 28.1. The second-order valence-electron chi connectivity index (χ2n) is 10.3. The van der Waals surface area contributed by atoms with Crippen molar-refractivity contribution in [2.75, 3.05) is 32.2 Å². The average molecular weight is 568 g/mol. The van der Waals surface area contributed by atoms with Crippen molar-refractivity contribution in [2.24, 2.45) is 17.3 Å². The molecule has 1 aliphatic heterocycles. The standard InChI is InChI=1S/C27H30ClN7O3S/c1-16-24-25(30)31-15-32-26(24)35(33-16)17(2)19-9-23(28)22(12-29)27(11-19,20-13-34(14-20)39(4,36)37)10-18-6-5-7-21(8-18)38-3/h5-9,11,15,17,20,22H,10,13-14H2,1-4H3,(H2,30,31,32). The van der Waals surface area contributed by atoms with Crippen LogP contribution in [0.2, 0.25) is 0 Å². The third-order valence-electron chi connectivity index (χ3n) is 7.95. The Bertz CT molecular complexity index is 1650. The van der Waals surface area contributed by atoms with Crippen molar-refractivity contribution in [3.8, 4) is 11.8 Å². The van der Waals surface area contributed by atoms with Gasteiger partial charge in [0.05, 0.1) is 42.5 Å². The Balaban J connectivity index is 1.65. The van der Waals surface area contributed by atoms with Crippen LogP contribution in [0.15, 0.2) is 53.4 Å². The first-order valence-corrected chi connectivity index (χ1v) is 14.7. The molecule has 5 rings (SSSR count). The summed E-state index contributed by atoms with van der Waals surface area (Å²) in [5, 5.41) is 16.2. The van der Waals surface area contributed by atoms with Gasteiger partial charge in [-0.25, -0.2) is 27.4 Å². The highest BCUT2D eigenvalue weighted by Gasteiger charge is 2.53. The molecule has 2 N–H and O–H groups in total. The molecule has 1 aliphatic carbocycles. The van der Waals surface area contributed by atoms with Crippen LogP contribution in [0.1, 0.15) is 24.2 Å². The molecular formula is C27H30ClN7O3S. The van der Waals surface area contributed by atoms with E-state index in [1.54, 1.807) is 11.8 Å². The Labute approximate surface area is 232 Å². The van der Waals surface area contributed by atoms with Crippen LogP contribution in [-0.4, -0.2) is 58.9 Å². The normalized spacial score (nSPS) is 23.0. The number of fused-ring (bicyclic) bond motifs is 1. The highest BCUT2D eigenvalue weighted by Crippen LogP contribution is 2.53. The third kappa shape index (κ3) is 4.67. The maximum absolute atomic E-state index is 12.3. The molecule has 204 valence electrons. The zero-order valence-corrected chi connectivity index (χ0v) is 23.7. The molecule has 39 heavy (non-hydrogen) atoms. The van der Waals surface area contributed by atoms with E-state index < -0.39 is 21.4 Å². The van der Waals surface area contributed by atoms with E-state index in [0.29, 0.717) is 52.8 Å². The topological polar surface area (TPSA) is 140 Å². The van der Waals surface area contributed by atoms with Crippen LogP contribution >= 0.6 is 11.6 Å². The fourth-order valence-corrected chi connectivity index (χ4v) is 7.05. The predicted octanol–water partition coefficient (Wildman–Crippen LogP) is 3.61. The highest BCUT2D eigenvalue weighted by molar-refractivity contribution is 7.88. The van der Waals surface area contributed by atoms with Crippen LogP contribution < -0.4 is 10.5 Å². The van der Waals surface area contributed by atoms with Gasteiger partial charge >= 0.3 is 0 Å². The van der Waals surface area contributed by atoms with E-state index in [-0.39, 0.29) is 12.0 Å². The first-order chi connectivity index (χ1) is 18.5. The quantitative estimate of drug-likeness (QED) is 0.456. The van der Waals surface area contributed by atoms with Crippen LogP contribution in [0.3, 0.4) is 0 Å². The van der Waals surface area contributed by atoms with Crippen LogP contribution in [0, 0.1) is 35.5 Å². The van der Waals surface area contributed by atoms with Crippen molar-refractivity contribution in [3.05, 3.63) is 64.6 Å². The minimum atomic E-state index is -3.36. The molecule has 1 saturated heterocycles. The fourth-order valence-electron chi connectivity index (χ4n) is 5.77. The molecule has 12 heteroatoms. The molecule has 0 spiro atoms. The van der Waals surface area contributed by atoms with Crippen molar-refractivity contribution < 1.29 is 13.2 Å². The summed E-state index contributed by atoms with van der Waals surface area (Å²) < 4.78 is 33.2. The van der Waals surface area contributed by atoms with Crippen LogP contribution in [-0.2, 0) is 16.4 Å². The lowest BCUT2D eigenvalue weighted by molar-refractivity contribution is 0.0625. The number of aromatic nitrogens is 4. The molecule has 0 saturated carbocycles. The van der Waals surface area contributed by atoms with Crippen molar-refractivity contribution >= 4 is 38.5 Å². The van der Waals surface area contributed by atoms with Gasteiger partial charge in [0.25, 0.3) is 0 Å². The van der Waals surface area contributed by atoms with Gasteiger partial charge in [-0.05, 0) is 55.5 Å². The number of hydrogen-bond donors (Lipinski definition) is 1. The lowest BCUT2D eigenvalue weighted by atomic mass is 9.59. The molecule has 0 bridgehead atoms. The van der Waals surface area contributed by atoms with Gasteiger partial charge in [0.15, 0.2) is 5.65 Å². The predicted molar refractivity (Wildman–Crippen MR) is 149 cm³/mol. The summed E-state index contributed by atoms with van der Waals surface area (Å²) in [6, 6.07) is 9.82. The number of methoxy groups -OCH3 is 1. The van der Waals surface area contributed by atoms with E-state index in [2.05, 4.69) is 22.1 Å². The van der Waals surface area contributed by atoms with Crippen molar-refractivity contribution in [3.63, 3.8) is 0 Å². The Morgan fingerprint density at radius 2 is 2.08 bits per heavy atom. The first kappa shape index (κ1) is 27.1. The van der Waals surface area contributed by atoms with E-state index in [0.717, 1.165) is 11.1 Å². The monoisotopic (exact) mass is 567 g/mol. The first-order valence-electron chi connectivity index (χ1n) is 12.5. The second kappa shape index (κ2) is 9.93. The van der Waals surface area contributed by atoms with Crippen LogP contribution in [0.5, 0.6) is 5.75 Å². The number of hydrogen-bond acceptors (Lipinski definition) is 8. The van der Waals surface area contributed by atoms with Crippen molar-refractivity contribution in [1.82, 2.24) is 24.1 Å². The largest absolute Gasteiger partial charge is 0.497 e. The van der Waals surface area contributed by atoms with Crippen LogP contribution in [0.4, 0.5) is 5.82 Å². The number of ether oxygens (including phenoxy) is 1. The number of nitrogen functional groups attached to an aromatic ring is 1. The molecule has 3 heterocycles. The van der Waals surface area contributed by atoms with Gasteiger partial charge in [0.1, 0.15) is 17.9 Å². The van der Waals surface area contributed by atoms with E-state index in [1.807, 2.05) is 44.2 Å². The summed E-state index contributed by atoms with van der Waals surface area (Å²) in [7, 11) is -1.76. The maximum Gasteiger partial charge on any atom is 0.211 e. The molecular weight excluding hydrogens is 538 g/mol. The number of nitriles is 1. The number of sulfonamides is 1. The summed E-state index contributed by atoms with van der Waals surface area (Å²) >= 11 is 6.88. The lowest BCUT2D eigenvalue weighted by Crippen LogP contribution is -2.58. The molecule has 2 aromatic heterocycles. The molecule has 0 amide bonds. The molecule has 3 aromatic rings. The van der Waals surface area contributed by atoms with Gasteiger partial charge in [-0.3, -0.25) is 0 Å². The third-order valence-corrected chi connectivity index (χ3v) is 9.51. The summed E-state index contributed by atoms with van der Waals surface area (Å²) in [6.07, 6.45) is 7.01. The van der Waals surface area contributed by atoms with Gasteiger partial charge in [-0.2, -0.15) is 10.4 Å². The summed E-state index contributed by atoms with van der Waals surface area (Å²) in [4.78, 5) is 8.55. The lowest BCUT2D eigenvalue weighted by Gasteiger charge is -2.52. The second-order valence-corrected chi connectivity index (χ2v) is 12.7. The SMILES string of the molecule is COc1cccc(CC2(C3CN(S(C)(=O)=O)C3)C=C(C(C)n3nc(C)c4c(N)ncnc43)C=C(Cl)C2C#N)c1. The van der Waals surface area contributed by atoms with E-state index in [9.17, 15) is 13.7 Å². The number of benzene rings is 1. The molecule has 10 nitrogen and oxygen atoms in total. The number of nitrogens with two attached hydrogens (primary N) is 1. The molecule has 1 fully saturated rings. The minimum absolute atomic E-state index is 0.137. The van der Waals surface area contributed by atoms with E-state index in [1.165, 1.54) is 16.9 Å². The summed E-state index contributed by atoms with van der Waals surface area (Å²) in [6.45, 7) is 4.45. The number of halogens is 1. The molecule has 3 unspecified atom stereocenters. The fraction of sp³-hybridized carbons (Fsp3) is 0.407. The number of allylic oxidation sites excluding steroid dienone is 4. The molecule has 1 aromatic carbocycles. The number of rotatable bonds is 7. The Morgan fingerprint density at radius 1 is 1.33 bits per heavy atom. The number of anilines is 1. The average Bonchev–Trinajstić information content (AvgIpc) is 3.19. The zero-order valence-electron chi connectivity index (χ0n) is 22.2. The Hall–Kier alpha value is -3.46. The minimum Gasteiger partial charge on any atom is -0.497 e. The van der Waals surface area contributed by atoms with Crippen molar-refractivity contribution in [2.45, 2.75) is 26.3 Å². The summed E-state index contributed by atoms with van der Waals surface area (Å²) in [5.74, 6) is 0.256. The van der Waals surface area contributed by atoms with E-state index >= 15 is 0 Å². The van der Waals surface area contributed by atoms with Crippen LogP contribution in [0.25, 0.3) is 11.0 Å². The Kier molecular flexibility index (Phi) is 6.91. The molecule has 2 aliphatic rings. The van der Waals surface area contributed by atoms with E-state index in [4.69, 9.17) is 27.2 Å². The maximum atomic E-state index is 12.3. The number of nitrogens with zero attached hydrogens (tertiary/aromatic N) is 6. The molecule has 0 radical (unpaired) electrons. The highest BCUT2D eigenvalue weighted by atomic mass is 35.5. The summed E-state index contributed by atoms with van der Waals surface area (Å²) in [5.41, 5.74) is 8.48. The Morgan fingerprint density at radius 3 is 2.74 bits per heavy atom. The van der Waals surface area contributed by atoms with Gasteiger partial charge in [-0.15, -0.1) is 0 Å². The molecule has 3 atom stereocenters. The van der Waals surface area contributed by atoms with Gasteiger partial charge in [-0.1, -0.05) is 29.8 Å².